The normalized spacial score (nSPS) is 28.9. The standard InChI is InChI=1S/C6H12ClNO4S2/c1-6-4-13(9,10)3-2-8(6)14(11,12)5-7/h6H,2-5H2,1H3. The summed E-state index contributed by atoms with van der Waals surface area (Å²) in [6, 6.07) is -0.516. The summed E-state index contributed by atoms with van der Waals surface area (Å²) in [5.74, 6) is -0.240. The number of hydrogen-bond acceptors (Lipinski definition) is 4. The predicted octanol–water partition coefficient (Wildman–Crippen LogP) is -0.369. The second kappa shape index (κ2) is 3.96. The van der Waals surface area contributed by atoms with Crippen LogP contribution in [0, 0.1) is 0 Å². The number of rotatable bonds is 2. The van der Waals surface area contributed by atoms with Crippen LogP contribution in [0.2, 0.25) is 0 Å². The highest BCUT2D eigenvalue weighted by molar-refractivity contribution is 7.92. The average Bonchev–Trinajstić information content (AvgIpc) is 2.01. The number of sulfonamides is 1. The SMILES string of the molecule is CC1CS(=O)(=O)CCN1S(=O)(=O)CCl. The third-order valence-corrected chi connectivity index (χ3v) is 6.26. The molecule has 8 heteroatoms. The zero-order chi connectivity index (χ0) is 11.0. The van der Waals surface area contributed by atoms with E-state index >= 15 is 0 Å². The molecule has 1 unspecified atom stereocenters. The molecule has 1 aliphatic heterocycles. The minimum Gasteiger partial charge on any atom is -0.229 e. The van der Waals surface area contributed by atoms with Crippen molar-refractivity contribution >= 4 is 31.5 Å². The van der Waals surface area contributed by atoms with Crippen molar-refractivity contribution in [1.29, 1.82) is 0 Å². The van der Waals surface area contributed by atoms with E-state index in [1.807, 2.05) is 0 Å². The van der Waals surface area contributed by atoms with Crippen molar-refractivity contribution in [2.45, 2.75) is 13.0 Å². The van der Waals surface area contributed by atoms with Crippen molar-refractivity contribution in [3.8, 4) is 0 Å². The number of nitrogens with zero attached hydrogens (tertiary/aromatic N) is 1. The number of alkyl halides is 1. The summed E-state index contributed by atoms with van der Waals surface area (Å²) in [5, 5.41) is -0.503. The van der Waals surface area contributed by atoms with E-state index in [1.54, 1.807) is 6.92 Å². The predicted molar refractivity (Wildman–Crippen MR) is 54.5 cm³/mol. The molecule has 1 heterocycles. The molecule has 0 radical (unpaired) electrons. The van der Waals surface area contributed by atoms with Crippen LogP contribution in [0.4, 0.5) is 0 Å². The number of sulfone groups is 1. The Morgan fingerprint density at radius 2 is 2.07 bits per heavy atom. The average molecular weight is 262 g/mol. The van der Waals surface area contributed by atoms with Crippen LogP contribution in [0.5, 0.6) is 0 Å². The van der Waals surface area contributed by atoms with Gasteiger partial charge in [0.15, 0.2) is 9.84 Å². The third kappa shape index (κ3) is 2.59. The van der Waals surface area contributed by atoms with Gasteiger partial charge in [-0.05, 0) is 6.92 Å². The Bertz CT molecular complexity index is 402. The molecule has 0 aliphatic carbocycles. The van der Waals surface area contributed by atoms with Gasteiger partial charge in [0.2, 0.25) is 10.0 Å². The summed E-state index contributed by atoms with van der Waals surface area (Å²) in [6.45, 7) is 1.58. The molecule has 14 heavy (non-hydrogen) atoms. The second-order valence-electron chi connectivity index (χ2n) is 3.30. The molecule has 5 nitrogen and oxygen atoms in total. The van der Waals surface area contributed by atoms with Crippen molar-refractivity contribution in [2.24, 2.45) is 0 Å². The minimum atomic E-state index is -3.49. The number of hydrogen-bond donors (Lipinski definition) is 0. The van der Waals surface area contributed by atoms with Gasteiger partial charge in [0.05, 0.1) is 11.5 Å². The monoisotopic (exact) mass is 261 g/mol. The first-order valence-corrected chi connectivity index (χ1v) is 8.01. The molecule has 0 spiro atoms. The molecule has 0 bridgehead atoms. The van der Waals surface area contributed by atoms with Crippen LogP contribution in [-0.2, 0) is 19.9 Å². The Morgan fingerprint density at radius 3 is 2.50 bits per heavy atom. The minimum absolute atomic E-state index is 0.0125. The van der Waals surface area contributed by atoms with Gasteiger partial charge in [-0.3, -0.25) is 0 Å². The zero-order valence-electron chi connectivity index (χ0n) is 7.68. The topological polar surface area (TPSA) is 71.5 Å². The summed E-state index contributed by atoms with van der Waals surface area (Å²) >= 11 is 5.28. The summed E-state index contributed by atoms with van der Waals surface area (Å²) in [7, 11) is -6.57. The van der Waals surface area contributed by atoms with Crippen LogP contribution < -0.4 is 0 Å². The van der Waals surface area contributed by atoms with Crippen molar-refractivity contribution in [2.75, 3.05) is 23.3 Å². The number of halogens is 1. The Hall–Kier alpha value is 0.150. The molecule has 0 aromatic carbocycles. The lowest BCUT2D eigenvalue weighted by Crippen LogP contribution is -2.49. The van der Waals surface area contributed by atoms with Crippen LogP contribution in [0.15, 0.2) is 0 Å². The first kappa shape index (κ1) is 12.2. The maximum atomic E-state index is 11.4. The highest BCUT2D eigenvalue weighted by atomic mass is 35.5. The van der Waals surface area contributed by atoms with E-state index in [2.05, 4.69) is 0 Å². The van der Waals surface area contributed by atoms with Crippen LogP contribution in [-0.4, -0.2) is 50.4 Å². The molecule has 0 saturated carbocycles. The van der Waals surface area contributed by atoms with Gasteiger partial charge < -0.3 is 0 Å². The molecule has 1 saturated heterocycles. The summed E-state index contributed by atoms with van der Waals surface area (Å²) < 4.78 is 46.2. The van der Waals surface area contributed by atoms with Gasteiger partial charge >= 0.3 is 0 Å². The van der Waals surface area contributed by atoms with Crippen molar-refractivity contribution in [3.05, 3.63) is 0 Å². The first-order chi connectivity index (χ1) is 6.28. The lowest BCUT2D eigenvalue weighted by Gasteiger charge is -2.31. The van der Waals surface area contributed by atoms with E-state index in [-0.39, 0.29) is 18.1 Å². The van der Waals surface area contributed by atoms with Gasteiger partial charge in [-0.25, -0.2) is 16.8 Å². The van der Waals surface area contributed by atoms with E-state index in [0.717, 1.165) is 4.31 Å². The van der Waals surface area contributed by atoms with Crippen LogP contribution in [0.1, 0.15) is 6.92 Å². The van der Waals surface area contributed by atoms with Crippen molar-refractivity contribution in [3.63, 3.8) is 0 Å². The molecule has 0 aromatic heterocycles. The van der Waals surface area contributed by atoms with Gasteiger partial charge in [0, 0.05) is 12.6 Å². The van der Waals surface area contributed by atoms with E-state index in [4.69, 9.17) is 11.6 Å². The van der Waals surface area contributed by atoms with E-state index in [9.17, 15) is 16.8 Å². The molecule has 1 atom stereocenters. The Labute approximate surface area is 89.0 Å². The molecular weight excluding hydrogens is 250 g/mol. The summed E-state index contributed by atoms with van der Waals surface area (Å²) in [4.78, 5) is 0. The molecule has 84 valence electrons. The maximum absolute atomic E-state index is 11.4. The zero-order valence-corrected chi connectivity index (χ0v) is 10.1. The van der Waals surface area contributed by atoms with Crippen LogP contribution in [0.25, 0.3) is 0 Å². The molecule has 0 aromatic rings. The fourth-order valence-electron chi connectivity index (χ4n) is 1.46. The highest BCUT2D eigenvalue weighted by Crippen LogP contribution is 2.16. The lowest BCUT2D eigenvalue weighted by molar-refractivity contribution is 0.359. The largest absolute Gasteiger partial charge is 0.229 e. The van der Waals surface area contributed by atoms with E-state index in [1.165, 1.54) is 0 Å². The smallest absolute Gasteiger partial charge is 0.228 e. The molecular formula is C6H12ClNO4S2. The maximum Gasteiger partial charge on any atom is 0.228 e. The lowest BCUT2D eigenvalue weighted by atomic mass is 10.4. The molecule has 1 rings (SSSR count). The van der Waals surface area contributed by atoms with Crippen molar-refractivity contribution < 1.29 is 16.8 Å². The van der Waals surface area contributed by atoms with Gasteiger partial charge in [0.1, 0.15) is 5.21 Å². The van der Waals surface area contributed by atoms with E-state index < -0.39 is 31.1 Å². The Morgan fingerprint density at radius 1 is 1.50 bits per heavy atom. The molecule has 1 fully saturated rings. The Balaban J connectivity index is 2.88. The summed E-state index contributed by atoms with van der Waals surface area (Å²) in [5.41, 5.74) is 0. The van der Waals surface area contributed by atoms with Gasteiger partial charge in [-0.15, -0.1) is 11.6 Å². The quantitative estimate of drug-likeness (QED) is 0.636. The second-order valence-corrected chi connectivity index (χ2v) is 8.03. The fourth-order valence-corrected chi connectivity index (χ4v) is 4.72. The molecule has 1 aliphatic rings. The summed E-state index contributed by atoms with van der Waals surface area (Å²) in [6.07, 6.45) is 0. The van der Waals surface area contributed by atoms with Gasteiger partial charge in [-0.1, -0.05) is 0 Å². The molecule has 0 amide bonds. The fraction of sp³-hybridized carbons (Fsp3) is 1.00. The Kier molecular flexibility index (Phi) is 3.45. The van der Waals surface area contributed by atoms with Gasteiger partial charge in [0.25, 0.3) is 0 Å². The highest BCUT2D eigenvalue weighted by Gasteiger charge is 2.34. The third-order valence-electron chi connectivity index (χ3n) is 2.10. The van der Waals surface area contributed by atoms with Crippen LogP contribution >= 0.6 is 11.6 Å². The van der Waals surface area contributed by atoms with Gasteiger partial charge in [-0.2, -0.15) is 4.31 Å². The van der Waals surface area contributed by atoms with E-state index in [0.29, 0.717) is 0 Å². The molecule has 0 N–H and O–H groups in total. The first-order valence-electron chi connectivity index (χ1n) is 4.04. The van der Waals surface area contributed by atoms with Crippen molar-refractivity contribution in [1.82, 2.24) is 4.31 Å². The van der Waals surface area contributed by atoms with Crippen LogP contribution in [0.3, 0.4) is 0 Å².